The van der Waals surface area contributed by atoms with Crippen molar-refractivity contribution < 1.29 is 14.6 Å². The van der Waals surface area contributed by atoms with Gasteiger partial charge in [0.05, 0.1) is 11.2 Å². The molecule has 0 saturated carbocycles. The van der Waals surface area contributed by atoms with E-state index in [4.69, 9.17) is 16.3 Å². The van der Waals surface area contributed by atoms with Crippen molar-refractivity contribution >= 4 is 39.7 Å². The number of nitrogens with one attached hydrogen (secondary N) is 1. The van der Waals surface area contributed by atoms with E-state index in [1.54, 1.807) is 18.2 Å². The van der Waals surface area contributed by atoms with Gasteiger partial charge in [0.2, 0.25) is 0 Å². The predicted octanol–water partition coefficient (Wildman–Crippen LogP) is 3.95. The Balaban J connectivity index is 1.90. The Morgan fingerprint density at radius 2 is 2.08 bits per heavy atom. The van der Waals surface area contributed by atoms with Gasteiger partial charge >= 0.3 is 0 Å². The summed E-state index contributed by atoms with van der Waals surface area (Å²) in [5.41, 5.74) is 4.96. The van der Waals surface area contributed by atoms with E-state index in [9.17, 15) is 9.90 Å². The minimum Gasteiger partial charge on any atom is -0.506 e. The number of hydrazone groups is 1. The zero-order valence-corrected chi connectivity index (χ0v) is 15.5. The van der Waals surface area contributed by atoms with Gasteiger partial charge in [-0.3, -0.25) is 4.79 Å². The van der Waals surface area contributed by atoms with E-state index in [0.717, 1.165) is 11.1 Å². The smallest absolute Gasteiger partial charge is 0.277 e. The summed E-state index contributed by atoms with van der Waals surface area (Å²) in [4.78, 5) is 11.7. The van der Waals surface area contributed by atoms with Crippen LogP contribution in [0.25, 0.3) is 0 Å². The summed E-state index contributed by atoms with van der Waals surface area (Å²) >= 11 is 9.12. The molecule has 2 rings (SSSR count). The minimum atomic E-state index is -0.412. The molecule has 0 fully saturated rings. The highest BCUT2D eigenvalue weighted by molar-refractivity contribution is 9.10. The first-order chi connectivity index (χ1) is 11.4. The van der Waals surface area contributed by atoms with E-state index >= 15 is 0 Å². The molecule has 1 amide bonds. The lowest BCUT2D eigenvalue weighted by Gasteiger charge is -2.07. The Morgan fingerprint density at radius 3 is 2.79 bits per heavy atom. The van der Waals surface area contributed by atoms with Crippen LogP contribution >= 0.6 is 27.5 Å². The molecule has 0 heterocycles. The van der Waals surface area contributed by atoms with E-state index in [-0.39, 0.29) is 17.4 Å². The first-order valence-electron chi connectivity index (χ1n) is 7.07. The molecule has 0 aliphatic carbocycles. The van der Waals surface area contributed by atoms with Crippen molar-refractivity contribution in [2.75, 3.05) is 6.61 Å². The number of phenols is 1. The maximum Gasteiger partial charge on any atom is 0.277 e. The number of phenolic OH excluding ortho intramolecular Hbond substituents is 1. The van der Waals surface area contributed by atoms with Crippen LogP contribution < -0.4 is 10.2 Å². The van der Waals surface area contributed by atoms with E-state index in [1.807, 2.05) is 26.0 Å². The molecule has 0 bridgehead atoms. The van der Waals surface area contributed by atoms with Crippen LogP contribution in [0.4, 0.5) is 0 Å². The van der Waals surface area contributed by atoms with E-state index in [1.165, 1.54) is 6.21 Å². The maximum atomic E-state index is 11.7. The molecule has 0 aliphatic rings. The minimum absolute atomic E-state index is 0.107. The molecule has 0 saturated heterocycles. The molecule has 24 heavy (non-hydrogen) atoms. The van der Waals surface area contributed by atoms with Crippen LogP contribution in [0.5, 0.6) is 11.5 Å². The normalized spacial score (nSPS) is 10.8. The summed E-state index contributed by atoms with van der Waals surface area (Å²) in [5, 5.41) is 13.8. The Bertz CT molecular complexity index is 794. The summed E-state index contributed by atoms with van der Waals surface area (Å²) in [5.74, 6) is 0.1000. The highest BCUT2D eigenvalue weighted by atomic mass is 79.9. The number of nitrogens with zero attached hydrogens (tertiary/aromatic N) is 1. The number of hydrogen-bond acceptors (Lipinski definition) is 4. The molecular weight excluding hydrogens is 396 g/mol. The first-order valence-corrected chi connectivity index (χ1v) is 8.24. The Kier molecular flexibility index (Phi) is 6.23. The number of hydrogen-bond donors (Lipinski definition) is 2. The third kappa shape index (κ3) is 4.97. The SMILES string of the molecule is Cc1ccc(OCC(=O)N/N=C\c2cc(Br)cc(Cl)c2O)cc1C. The fourth-order valence-electron chi connectivity index (χ4n) is 1.84. The van der Waals surface area contributed by atoms with Gasteiger partial charge in [0.25, 0.3) is 5.91 Å². The average Bonchev–Trinajstić information content (AvgIpc) is 2.53. The van der Waals surface area contributed by atoms with Gasteiger partial charge in [0, 0.05) is 10.0 Å². The number of aryl methyl sites for hydroxylation is 2. The number of benzene rings is 2. The molecule has 0 aliphatic heterocycles. The maximum absolute atomic E-state index is 11.7. The zero-order valence-electron chi connectivity index (χ0n) is 13.1. The van der Waals surface area contributed by atoms with E-state index < -0.39 is 5.91 Å². The van der Waals surface area contributed by atoms with Gasteiger partial charge in [-0.1, -0.05) is 33.6 Å². The molecule has 0 spiro atoms. The molecule has 2 aromatic rings. The largest absolute Gasteiger partial charge is 0.506 e. The van der Waals surface area contributed by atoms with Crippen LogP contribution in [0.1, 0.15) is 16.7 Å². The van der Waals surface area contributed by atoms with E-state index in [2.05, 4.69) is 26.5 Å². The lowest BCUT2D eigenvalue weighted by atomic mass is 10.1. The van der Waals surface area contributed by atoms with Crippen LogP contribution in [0.2, 0.25) is 5.02 Å². The fraction of sp³-hybridized carbons (Fsp3) is 0.176. The summed E-state index contributed by atoms with van der Waals surface area (Å²) in [6, 6.07) is 8.79. The number of aromatic hydroxyl groups is 1. The molecule has 0 atom stereocenters. The molecule has 0 unspecified atom stereocenters. The fourth-order valence-corrected chi connectivity index (χ4v) is 2.68. The van der Waals surface area contributed by atoms with Crippen LogP contribution in [-0.4, -0.2) is 23.8 Å². The Hall–Kier alpha value is -2.05. The highest BCUT2D eigenvalue weighted by Crippen LogP contribution is 2.30. The van der Waals surface area contributed by atoms with Crippen molar-refractivity contribution in [3.8, 4) is 11.5 Å². The van der Waals surface area contributed by atoms with Gasteiger partial charge in [-0.05, 0) is 49.2 Å². The number of halogens is 2. The predicted molar refractivity (Wildman–Crippen MR) is 98.0 cm³/mol. The molecule has 7 heteroatoms. The monoisotopic (exact) mass is 410 g/mol. The van der Waals surface area contributed by atoms with Crippen LogP contribution in [0.3, 0.4) is 0 Å². The standard InChI is InChI=1S/C17H16BrClN2O3/c1-10-3-4-14(5-11(10)2)24-9-16(22)21-20-8-12-6-13(18)7-15(19)17(12)23/h3-8,23H,9H2,1-2H3,(H,21,22)/b20-8-. The average molecular weight is 412 g/mol. The van der Waals surface area contributed by atoms with Gasteiger partial charge in [0.15, 0.2) is 6.61 Å². The molecule has 2 aromatic carbocycles. The number of carbonyl (C=O) groups is 1. The van der Waals surface area contributed by atoms with Crippen molar-refractivity contribution in [1.82, 2.24) is 5.43 Å². The van der Waals surface area contributed by atoms with Gasteiger partial charge in [0.1, 0.15) is 11.5 Å². The van der Waals surface area contributed by atoms with Gasteiger partial charge in [-0.2, -0.15) is 5.10 Å². The van der Waals surface area contributed by atoms with Crippen molar-refractivity contribution in [1.29, 1.82) is 0 Å². The summed E-state index contributed by atoms with van der Waals surface area (Å²) in [7, 11) is 0. The summed E-state index contributed by atoms with van der Waals surface area (Å²) < 4.78 is 6.10. The number of ether oxygens (including phenoxy) is 1. The van der Waals surface area contributed by atoms with Gasteiger partial charge in [-0.15, -0.1) is 0 Å². The second-order valence-electron chi connectivity index (χ2n) is 5.15. The highest BCUT2D eigenvalue weighted by Gasteiger charge is 2.06. The topological polar surface area (TPSA) is 70.9 Å². The van der Waals surface area contributed by atoms with Gasteiger partial charge < -0.3 is 9.84 Å². The lowest BCUT2D eigenvalue weighted by molar-refractivity contribution is -0.123. The summed E-state index contributed by atoms with van der Waals surface area (Å²) in [6.45, 7) is 3.82. The summed E-state index contributed by atoms with van der Waals surface area (Å²) in [6.07, 6.45) is 1.31. The zero-order chi connectivity index (χ0) is 17.7. The second-order valence-corrected chi connectivity index (χ2v) is 6.48. The molecular formula is C17H16BrClN2O3. The van der Waals surface area contributed by atoms with Crippen LogP contribution in [0.15, 0.2) is 39.9 Å². The molecule has 0 radical (unpaired) electrons. The van der Waals surface area contributed by atoms with Crippen LogP contribution in [-0.2, 0) is 4.79 Å². The van der Waals surface area contributed by atoms with E-state index in [0.29, 0.717) is 15.8 Å². The van der Waals surface area contributed by atoms with Crippen LogP contribution in [0, 0.1) is 13.8 Å². The second kappa shape index (κ2) is 8.17. The van der Waals surface area contributed by atoms with Crippen molar-refractivity contribution in [3.05, 3.63) is 56.5 Å². The van der Waals surface area contributed by atoms with Crippen molar-refractivity contribution in [2.24, 2.45) is 5.10 Å². The van der Waals surface area contributed by atoms with Crippen molar-refractivity contribution in [3.63, 3.8) is 0 Å². The molecule has 126 valence electrons. The van der Waals surface area contributed by atoms with Gasteiger partial charge in [-0.25, -0.2) is 5.43 Å². The lowest BCUT2D eigenvalue weighted by Crippen LogP contribution is -2.24. The Morgan fingerprint density at radius 1 is 1.33 bits per heavy atom. The molecule has 2 N–H and O–H groups in total. The number of amides is 1. The van der Waals surface area contributed by atoms with Crippen molar-refractivity contribution in [2.45, 2.75) is 13.8 Å². The first kappa shape index (κ1) is 18.3. The Labute approximate surface area is 153 Å². The third-order valence-electron chi connectivity index (χ3n) is 3.30. The number of carbonyl (C=O) groups excluding carboxylic acids is 1. The number of rotatable bonds is 5. The third-order valence-corrected chi connectivity index (χ3v) is 4.04. The quantitative estimate of drug-likeness (QED) is 0.578. The molecule has 0 aromatic heterocycles. The molecule has 5 nitrogen and oxygen atoms in total.